The lowest BCUT2D eigenvalue weighted by molar-refractivity contribution is -0.143. The van der Waals surface area contributed by atoms with E-state index in [1.807, 2.05) is 0 Å². The number of hydrogen-bond acceptors (Lipinski definition) is 5. The highest BCUT2D eigenvalue weighted by molar-refractivity contribution is 7.91. The highest BCUT2D eigenvalue weighted by Gasteiger charge is 2.47. The molecule has 90 valence electrons. The Morgan fingerprint density at radius 1 is 1.62 bits per heavy atom. The molecule has 1 unspecified atom stereocenters. The van der Waals surface area contributed by atoms with E-state index in [2.05, 4.69) is 15.3 Å². The number of sulfone groups is 1. The molecule has 1 aliphatic rings. The predicted octanol–water partition coefficient (Wildman–Crippen LogP) is -0.472. The summed E-state index contributed by atoms with van der Waals surface area (Å²) < 4.78 is 22.5. The van der Waals surface area contributed by atoms with Gasteiger partial charge in [-0.1, -0.05) is 5.11 Å². The second-order valence-corrected chi connectivity index (χ2v) is 5.79. The third kappa shape index (κ3) is 2.84. The molecule has 2 N–H and O–H groups in total. The molecular weight excluding hydrogens is 236 g/mol. The van der Waals surface area contributed by atoms with Gasteiger partial charge in [-0.05, 0) is 12.0 Å². The maximum Gasteiger partial charge on any atom is 0.324 e. The van der Waals surface area contributed by atoms with Gasteiger partial charge in [-0.15, -0.1) is 0 Å². The zero-order chi connectivity index (χ0) is 12.2. The lowest BCUT2D eigenvalue weighted by Gasteiger charge is -2.23. The van der Waals surface area contributed by atoms with Crippen molar-refractivity contribution >= 4 is 15.8 Å². The Bertz CT molecular complexity index is 428. The molecule has 0 aromatic carbocycles. The van der Waals surface area contributed by atoms with Crippen LogP contribution in [0.15, 0.2) is 5.11 Å². The first-order valence-electron chi connectivity index (χ1n) is 4.62. The monoisotopic (exact) mass is 248 g/mol. The summed E-state index contributed by atoms with van der Waals surface area (Å²) in [7, 11) is -3.29. The van der Waals surface area contributed by atoms with Crippen molar-refractivity contribution in [2.45, 2.75) is 12.0 Å². The number of carboxylic acids is 1. The minimum absolute atomic E-state index is 0.0426. The lowest BCUT2D eigenvalue weighted by atomic mass is 9.99. The molecule has 0 radical (unpaired) electrons. The van der Waals surface area contributed by atoms with Gasteiger partial charge in [0.15, 0.2) is 9.84 Å². The Morgan fingerprint density at radius 3 is 2.75 bits per heavy atom. The van der Waals surface area contributed by atoms with Gasteiger partial charge < -0.3 is 10.4 Å². The Hall–Kier alpha value is -1.31. The van der Waals surface area contributed by atoms with Gasteiger partial charge in [-0.2, -0.15) is 0 Å². The van der Waals surface area contributed by atoms with E-state index >= 15 is 0 Å². The summed E-state index contributed by atoms with van der Waals surface area (Å²) in [5.74, 6) is -1.73. The van der Waals surface area contributed by atoms with E-state index in [1.54, 1.807) is 0 Å². The van der Waals surface area contributed by atoms with E-state index in [4.69, 9.17) is 10.6 Å². The second-order valence-electron chi connectivity index (χ2n) is 3.61. The van der Waals surface area contributed by atoms with Crippen LogP contribution in [0.25, 0.3) is 10.4 Å². The summed E-state index contributed by atoms with van der Waals surface area (Å²) in [6, 6.07) is 0. The minimum atomic E-state index is -3.29. The predicted molar refractivity (Wildman–Crippen MR) is 55.7 cm³/mol. The molecular formula is C7H12N4O4S. The fraction of sp³-hybridized carbons (Fsp3) is 0.857. The molecule has 0 saturated carbocycles. The fourth-order valence-corrected chi connectivity index (χ4v) is 3.55. The molecule has 0 spiro atoms. The van der Waals surface area contributed by atoms with Crippen LogP contribution >= 0.6 is 0 Å². The Morgan fingerprint density at radius 2 is 2.31 bits per heavy atom. The molecule has 9 heteroatoms. The number of hydrogen-bond donors (Lipinski definition) is 2. The number of carboxylic acid groups (broad SMARTS) is 1. The first-order valence-corrected chi connectivity index (χ1v) is 6.44. The molecule has 0 bridgehead atoms. The molecule has 0 amide bonds. The van der Waals surface area contributed by atoms with Gasteiger partial charge in [0.2, 0.25) is 0 Å². The number of carbonyl (C=O) groups is 1. The third-order valence-electron chi connectivity index (χ3n) is 2.45. The summed E-state index contributed by atoms with van der Waals surface area (Å²) >= 11 is 0. The molecule has 8 nitrogen and oxygen atoms in total. The summed E-state index contributed by atoms with van der Waals surface area (Å²) in [6.07, 6.45) is 0.0426. The third-order valence-corrected chi connectivity index (χ3v) is 4.21. The van der Waals surface area contributed by atoms with Gasteiger partial charge in [0.1, 0.15) is 5.54 Å². The van der Waals surface area contributed by atoms with Gasteiger partial charge in [0, 0.05) is 18.0 Å². The molecule has 1 aliphatic heterocycles. The highest BCUT2D eigenvalue weighted by atomic mass is 32.2. The van der Waals surface area contributed by atoms with Gasteiger partial charge in [-0.3, -0.25) is 4.79 Å². The molecule has 0 aromatic heterocycles. The lowest BCUT2D eigenvalue weighted by Crippen LogP contribution is -2.53. The quantitative estimate of drug-likeness (QED) is 0.293. The summed E-state index contributed by atoms with van der Waals surface area (Å²) in [5, 5.41) is 14.9. The second kappa shape index (κ2) is 4.69. The van der Waals surface area contributed by atoms with E-state index in [1.165, 1.54) is 0 Å². The number of nitrogens with zero attached hydrogens (tertiary/aromatic N) is 3. The molecule has 1 rings (SSSR count). The molecule has 0 aliphatic carbocycles. The van der Waals surface area contributed by atoms with Crippen molar-refractivity contribution in [3.8, 4) is 0 Å². The smallest absolute Gasteiger partial charge is 0.324 e. The van der Waals surface area contributed by atoms with Crippen LogP contribution in [0.4, 0.5) is 0 Å². The van der Waals surface area contributed by atoms with E-state index in [0.717, 1.165) is 0 Å². The molecule has 0 aromatic rings. The summed E-state index contributed by atoms with van der Waals surface area (Å²) in [5.41, 5.74) is 6.61. The number of aliphatic carboxylic acids is 1. The molecule has 1 saturated heterocycles. The van der Waals surface area contributed by atoms with Crippen molar-refractivity contribution in [3.05, 3.63) is 10.4 Å². The van der Waals surface area contributed by atoms with Crippen LogP contribution in [0.3, 0.4) is 0 Å². The van der Waals surface area contributed by atoms with Gasteiger partial charge in [-0.25, -0.2) is 8.42 Å². The average molecular weight is 248 g/mol. The normalized spacial score (nSPS) is 27.2. The van der Waals surface area contributed by atoms with Crippen LogP contribution in [0, 0.1) is 0 Å². The number of nitrogens with one attached hydrogen (secondary N) is 1. The zero-order valence-electron chi connectivity index (χ0n) is 8.46. The van der Waals surface area contributed by atoms with E-state index in [0.29, 0.717) is 0 Å². The van der Waals surface area contributed by atoms with Crippen LogP contribution < -0.4 is 5.32 Å². The Kier molecular flexibility index (Phi) is 3.74. The van der Waals surface area contributed by atoms with Gasteiger partial charge in [0.25, 0.3) is 0 Å². The maximum absolute atomic E-state index is 11.3. The number of azide groups is 1. The van der Waals surface area contributed by atoms with Crippen LogP contribution in [0.1, 0.15) is 6.42 Å². The average Bonchev–Trinajstić information content (AvgIpc) is 2.51. The summed E-state index contributed by atoms with van der Waals surface area (Å²) in [6.45, 7) is 0.234. The first-order chi connectivity index (χ1) is 7.42. The standard InChI is InChI=1S/C7H12N4O4S/c8-11-10-3-2-9-7(6(12)13)1-4-16(14,15)5-7/h9H,1-5H2,(H,12,13). The minimum Gasteiger partial charge on any atom is -0.480 e. The molecule has 1 atom stereocenters. The maximum atomic E-state index is 11.3. The SMILES string of the molecule is [N-]=[N+]=NCCNC1(C(=O)O)CCS(=O)(=O)C1. The zero-order valence-corrected chi connectivity index (χ0v) is 9.27. The molecule has 1 heterocycles. The van der Waals surface area contributed by atoms with Crippen LogP contribution in [0.5, 0.6) is 0 Å². The van der Waals surface area contributed by atoms with Crippen LogP contribution in [-0.4, -0.2) is 49.6 Å². The van der Waals surface area contributed by atoms with Crippen LogP contribution in [0.2, 0.25) is 0 Å². The van der Waals surface area contributed by atoms with Crippen molar-refractivity contribution in [1.29, 1.82) is 0 Å². The molecule has 1 fully saturated rings. The van der Waals surface area contributed by atoms with Crippen molar-refractivity contribution < 1.29 is 18.3 Å². The van der Waals surface area contributed by atoms with Crippen molar-refractivity contribution in [1.82, 2.24) is 5.32 Å². The van der Waals surface area contributed by atoms with Crippen molar-refractivity contribution in [2.75, 3.05) is 24.6 Å². The van der Waals surface area contributed by atoms with E-state index < -0.39 is 27.1 Å². The van der Waals surface area contributed by atoms with Crippen molar-refractivity contribution in [2.24, 2.45) is 5.11 Å². The Balaban J connectivity index is 2.69. The summed E-state index contributed by atoms with van der Waals surface area (Å²) in [4.78, 5) is 13.6. The van der Waals surface area contributed by atoms with Gasteiger partial charge >= 0.3 is 5.97 Å². The van der Waals surface area contributed by atoms with Crippen LogP contribution in [-0.2, 0) is 14.6 Å². The van der Waals surface area contributed by atoms with E-state index in [-0.39, 0.29) is 25.3 Å². The van der Waals surface area contributed by atoms with Gasteiger partial charge in [0.05, 0.1) is 11.5 Å². The topological polar surface area (TPSA) is 132 Å². The number of rotatable bonds is 5. The highest BCUT2D eigenvalue weighted by Crippen LogP contribution is 2.23. The largest absolute Gasteiger partial charge is 0.480 e. The first kappa shape index (κ1) is 12.8. The van der Waals surface area contributed by atoms with Crippen molar-refractivity contribution in [3.63, 3.8) is 0 Å². The van der Waals surface area contributed by atoms with E-state index in [9.17, 15) is 13.2 Å². The fourth-order valence-electron chi connectivity index (χ4n) is 1.62. The Labute approximate surface area is 92.2 Å². The molecule has 16 heavy (non-hydrogen) atoms.